The molecule has 2 unspecified atom stereocenters. The molecule has 0 fully saturated rings. The van der Waals surface area contributed by atoms with Gasteiger partial charge in [0.2, 0.25) is 5.91 Å². The molecule has 2 amide bonds. The van der Waals surface area contributed by atoms with Gasteiger partial charge in [0.05, 0.1) is 13.2 Å². The zero-order valence-corrected chi connectivity index (χ0v) is 19.4. The molecule has 2 atom stereocenters. The number of nitrogens with two attached hydrogens (primary N) is 1. The zero-order valence-electron chi connectivity index (χ0n) is 19.4. The van der Waals surface area contributed by atoms with E-state index in [2.05, 4.69) is 35.9 Å². The van der Waals surface area contributed by atoms with Crippen LogP contribution >= 0.6 is 0 Å². The van der Waals surface area contributed by atoms with Crippen molar-refractivity contribution in [3.8, 4) is 5.75 Å². The summed E-state index contributed by atoms with van der Waals surface area (Å²) in [5.41, 5.74) is 6.39. The predicted octanol–water partition coefficient (Wildman–Crippen LogP) is 1.05. The smallest absolute Gasteiger partial charge is 0.251 e. The lowest BCUT2D eigenvalue weighted by atomic mass is 10.1. The Morgan fingerprint density at radius 2 is 2.00 bits per heavy atom. The maximum absolute atomic E-state index is 12.1. The van der Waals surface area contributed by atoms with Crippen molar-refractivity contribution >= 4 is 11.8 Å². The lowest BCUT2D eigenvalue weighted by molar-refractivity contribution is -0.126. The average molecular weight is 451 g/mol. The number of nitrogens with one attached hydrogen (secondary N) is 3. The van der Waals surface area contributed by atoms with Gasteiger partial charge in [-0.1, -0.05) is 38.5 Å². The molecule has 1 rings (SSSR count). The largest absolute Gasteiger partial charge is 0.489 e. The molecule has 1 aromatic carbocycles. The number of ether oxygens (including phenoxy) is 3. The van der Waals surface area contributed by atoms with Gasteiger partial charge in [-0.25, -0.2) is 0 Å². The first kappa shape index (κ1) is 27.6. The minimum absolute atomic E-state index is 0.0323. The van der Waals surface area contributed by atoms with Gasteiger partial charge in [0.15, 0.2) is 0 Å². The van der Waals surface area contributed by atoms with Crippen molar-refractivity contribution in [3.63, 3.8) is 0 Å². The monoisotopic (exact) mass is 450 g/mol. The molecule has 0 saturated heterocycles. The van der Waals surface area contributed by atoms with Crippen LogP contribution in [0.4, 0.5) is 0 Å². The number of allylic oxidation sites excluding steroid dienone is 1. The molecule has 0 bridgehead atoms. The van der Waals surface area contributed by atoms with E-state index in [9.17, 15) is 9.59 Å². The Morgan fingerprint density at radius 3 is 2.75 bits per heavy atom. The second-order valence-corrected chi connectivity index (χ2v) is 7.28. The highest BCUT2D eigenvalue weighted by Crippen LogP contribution is 2.13. The van der Waals surface area contributed by atoms with Crippen molar-refractivity contribution in [1.29, 1.82) is 0 Å². The first-order valence-corrected chi connectivity index (χ1v) is 11.0. The SMILES string of the molecule is CCC(C)/C=C/CNC(=O)COCCOC(N)COc1cccc(C(=O)NCCNC)c1. The van der Waals surface area contributed by atoms with E-state index in [1.54, 1.807) is 24.3 Å². The van der Waals surface area contributed by atoms with Crippen molar-refractivity contribution in [2.24, 2.45) is 11.7 Å². The van der Waals surface area contributed by atoms with E-state index >= 15 is 0 Å². The second-order valence-electron chi connectivity index (χ2n) is 7.28. The topological polar surface area (TPSA) is 124 Å². The molecule has 32 heavy (non-hydrogen) atoms. The number of amides is 2. The van der Waals surface area contributed by atoms with Crippen molar-refractivity contribution in [2.45, 2.75) is 26.5 Å². The van der Waals surface area contributed by atoms with Crippen LogP contribution in [-0.2, 0) is 14.3 Å². The van der Waals surface area contributed by atoms with Crippen LogP contribution in [0, 0.1) is 5.92 Å². The summed E-state index contributed by atoms with van der Waals surface area (Å²) in [7, 11) is 1.82. The van der Waals surface area contributed by atoms with Crippen molar-refractivity contribution < 1.29 is 23.8 Å². The summed E-state index contributed by atoms with van der Waals surface area (Å²) < 4.78 is 16.3. The zero-order chi connectivity index (χ0) is 23.6. The molecule has 1 aromatic rings. The lowest BCUT2D eigenvalue weighted by Gasteiger charge is -2.15. The Morgan fingerprint density at radius 1 is 1.19 bits per heavy atom. The summed E-state index contributed by atoms with van der Waals surface area (Å²) in [6, 6.07) is 6.86. The number of hydrogen-bond acceptors (Lipinski definition) is 7. The fourth-order valence-corrected chi connectivity index (χ4v) is 2.44. The van der Waals surface area contributed by atoms with E-state index in [1.165, 1.54) is 0 Å². The van der Waals surface area contributed by atoms with E-state index in [0.717, 1.165) is 6.42 Å². The molecule has 9 heteroatoms. The van der Waals surface area contributed by atoms with E-state index in [4.69, 9.17) is 19.9 Å². The van der Waals surface area contributed by atoms with Gasteiger partial charge in [0.1, 0.15) is 25.2 Å². The van der Waals surface area contributed by atoms with Gasteiger partial charge in [0, 0.05) is 25.2 Å². The average Bonchev–Trinajstić information content (AvgIpc) is 2.80. The molecular formula is C23H38N4O5. The number of rotatable bonds is 17. The Kier molecular flexibility index (Phi) is 14.8. The number of carbonyl (C=O) groups excluding carboxylic acids is 2. The minimum atomic E-state index is -0.661. The molecule has 0 spiro atoms. The van der Waals surface area contributed by atoms with Crippen molar-refractivity contribution in [1.82, 2.24) is 16.0 Å². The van der Waals surface area contributed by atoms with E-state index in [-0.39, 0.29) is 38.2 Å². The van der Waals surface area contributed by atoms with E-state index in [0.29, 0.717) is 36.9 Å². The number of hydrogen-bond donors (Lipinski definition) is 4. The standard InChI is InChI=1S/C23H38N4O5/c1-4-18(2)7-6-10-26-22(28)17-30-13-14-31-21(24)16-32-20-9-5-8-19(15-20)23(29)27-12-11-25-3/h5-9,15,18,21,25H,4,10-14,16-17,24H2,1-3H3,(H,26,28)(H,27,29)/b7-6+. The van der Waals surface area contributed by atoms with Crippen LogP contribution in [0.5, 0.6) is 5.75 Å². The quantitative estimate of drug-likeness (QED) is 0.159. The summed E-state index contributed by atoms with van der Waals surface area (Å²) in [5, 5.41) is 8.53. The maximum Gasteiger partial charge on any atom is 0.251 e. The fourth-order valence-electron chi connectivity index (χ4n) is 2.44. The first-order valence-electron chi connectivity index (χ1n) is 11.0. The van der Waals surface area contributed by atoms with E-state index in [1.807, 2.05) is 13.1 Å². The molecule has 5 N–H and O–H groups in total. The van der Waals surface area contributed by atoms with Gasteiger partial charge >= 0.3 is 0 Å². The van der Waals surface area contributed by atoms with Crippen LogP contribution in [0.3, 0.4) is 0 Å². The molecule has 0 aliphatic heterocycles. The molecule has 0 saturated carbocycles. The molecule has 180 valence electrons. The van der Waals surface area contributed by atoms with Crippen LogP contribution in [0.25, 0.3) is 0 Å². The molecule has 9 nitrogen and oxygen atoms in total. The maximum atomic E-state index is 12.1. The van der Waals surface area contributed by atoms with E-state index < -0.39 is 6.23 Å². The predicted molar refractivity (Wildman–Crippen MR) is 125 cm³/mol. The Bertz CT molecular complexity index is 699. The van der Waals surface area contributed by atoms with Crippen LogP contribution in [-0.4, -0.2) is 71.2 Å². The Balaban J connectivity index is 2.16. The molecule has 0 aliphatic rings. The molecular weight excluding hydrogens is 412 g/mol. The van der Waals surface area contributed by atoms with Crippen molar-refractivity contribution in [3.05, 3.63) is 42.0 Å². The highest BCUT2D eigenvalue weighted by Gasteiger charge is 2.08. The Labute approximate surface area is 191 Å². The highest BCUT2D eigenvalue weighted by molar-refractivity contribution is 5.94. The van der Waals surface area contributed by atoms with Gasteiger partial charge in [-0.3, -0.25) is 9.59 Å². The number of likely N-dealkylation sites (N-methyl/N-ethyl adjacent to an activating group) is 1. The lowest BCUT2D eigenvalue weighted by Crippen LogP contribution is -2.33. The normalized spacial score (nSPS) is 13.0. The third-order valence-corrected chi connectivity index (χ3v) is 4.49. The Hall–Kier alpha value is -2.46. The van der Waals surface area contributed by atoms with Crippen LogP contribution < -0.4 is 26.4 Å². The first-order chi connectivity index (χ1) is 15.5. The summed E-state index contributed by atoms with van der Waals surface area (Å²) in [6.07, 6.45) is 4.43. The van der Waals surface area contributed by atoms with Gasteiger partial charge in [-0.05, 0) is 31.2 Å². The van der Waals surface area contributed by atoms with Crippen molar-refractivity contribution in [2.75, 3.05) is 53.1 Å². The molecule has 0 radical (unpaired) electrons. The second kappa shape index (κ2) is 17.1. The minimum Gasteiger partial charge on any atom is -0.489 e. The number of carbonyl (C=O) groups is 2. The number of benzene rings is 1. The van der Waals surface area contributed by atoms with Gasteiger partial charge in [-0.2, -0.15) is 0 Å². The van der Waals surface area contributed by atoms with Crippen LogP contribution in [0.15, 0.2) is 36.4 Å². The third-order valence-electron chi connectivity index (χ3n) is 4.49. The van der Waals surface area contributed by atoms with Crippen LogP contribution in [0.2, 0.25) is 0 Å². The molecule has 0 aliphatic carbocycles. The summed E-state index contributed by atoms with van der Waals surface area (Å²) >= 11 is 0. The van der Waals surface area contributed by atoms with Crippen LogP contribution in [0.1, 0.15) is 30.6 Å². The van der Waals surface area contributed by atoms with Gasteiger partial charge < -0.3 is 35.9 Å². The highest BCUT2D eigenvalue weighted by atomic mass is 16.6. The summed E-state index contributed by atoms with van der Waals surface area (Å²) in [6.45, 7) is 6.53. The molecule has 0 heterocycles. The summed E-state index contributed by atoms with van der Waals surface area (Å²) in [4.78, 5) is 23.8. The third kappa shape index (κ3) is 13.1. The molecule has 0 aromatic heterocycles. The van der Waals surface area contributed by atoms with Gasteiger partial charge in [-0.15, -0.1) is 0 Å². The fraction of sp³-hybridized carbons (Fsp3) is 0.565. The summed E-state index contributed by atoms with van der Waals surface area (Å²) in [5.74, 6) is 0.686. The van der Waals surface area contributed by atoms with Gasteiger partial charge in [0.25, 0.3) is 5.91 Å².